The highest BCUT2D eigenvalue weighted by molar-refractivity contribution is 7.13. The fourth-order valence-corrected chi connectivity index (χ4v) is 3.63. The summed E-state index contributed by atoms with van der Waals surface area (Å²) in [7, 11) is 0. The van der Waals surface area contributed by atoms with Crippen LogP contribution in [0.25, 0.3) is 16.6 Å². The van der Waals surface area contributed by atoms with Gasteiger partial charge in [0.1, 0.15) is 10.8 Å². The molecular formula is C19H20FN3O2S. The quantitative estimate of drug-likeness (QED) is 0.838. The molecule has 26 heavy (non-hydrogen) atoms. The zero-order chi connectivity index (χ0) is 18.5. The lowest BCUT2D eigenvalue weighted by molar-refractivity contribution is -0.129. The number of halogens is 1. The summed E-state index contributed by atoms with van der Waals surface area (Å²) in [6, 6.07) is 6.26. The Kier molecular flexibility index (Phi) is 5.78. The first-order valence-corrected chi connectivity index (χ1v) is 9.35. The molecule has 3 rings (SSSR count). The highest BCUT2D eigenvalue weighted by Crippen LogP contribution is 2.24. The molecule has 0 bridgehead atoms. The van der Waals surface area contributed by atoms with Crippen LogP contribution in [0.4, 0.5) is 4.39 Å². The summed E-state index contributed by atoms with van der Waals surface area (Å²) in [6.07, 6.45) is 4.68. The van der Waals surface area contributed by atoms with Crippen LogP contribution in [0.2, 0.25) is 0 Å². The van der Waals surface area contributed by atoms with E-state index in [1.165, 1.54) is 29.5 Å². The summed E-state index contributed by atoms with van der Waals surface area (Å²) in [5.74, 6) is -0.367. The number of hydrogen-bond acceptors (Lipinski definition) is 4. The van der Waals surface area contributed by atoms with E-state index in [2.05, 4.69) is 10.3 Å². The summed E-state index contributed by atoms with van der Waals surface area (Å²) in [5.41, 5.74) is 1.54. The Balaban J connectivity index is 1.53. The largest absolute Gasteiger partial charge is 0.350 e. The molecule has 0 aliphatic carbocycles. The minimum absolute atomic E-state index is 0.0789. The van der Waals surface area contributed by atoms with E-state index >= 15 is 0 Å². The van der Waals surface area contributed by atoms with Crippen LogP contribution in [0.3, 0.4) is 0 Å². The van der Waals surface area contributed by atoms with E-state index in [0.717, 1.165) is 23.4 Å². The van der Waals surface area contributed by atoms with Gasteiger partial charge in [-0.3, -0.25) is 9.59 Å². The molecular weight excluding hydrogens is 353 g/mol. The second kappa shape index (κ2) is 8.23. The van der Waals surface area contributed by atoms with Gasteiger partial charge in [-0.05, 0) is 43.2 Å². The smallest absolute Gasteiger partial charge is 0.244 e. The Labute approximate surface area is 155 Å². The standard InChI is InChI=1S/C19H20FN3O2S/c1-13(24)23-10-8-16(9-11-23)21-18(25)7-6-17-12-26-19(22-17)14-2-4-15(20)5-3-14/h2-7,12,16H,8-11H2,1H3,(H,21,25)/b7-6+. The van der Waals surface area contributed by atoms with Gasteiger partial charge in [0.15, 0.2) is 0 Å². The average molecular weight is 373 g/mol. The van der Waals surface area contributed by atoms with Gasteiger partial charge in [-0.25, -0.2) is 9.37 Å². The molecule has 2 aromatic rings. The number of piperidine rings is 1. The lowest BCUT2D eigenvalue weighted by atomic mass is 10.1. The van der Waals surface area contributed by atoms with Crippen LogP contribution >= 0.6 is 11.3 Å². The average Bonchev–Trinajstić information content (AvgIpc) is 3.10. The molecule has 1 N–H and O–H groups in total. The van der Waals surface area contributed by atoms with Crippen molar-refractivity contribution in [1.82, 2.24) is 15.2 Å². The van der Waals surface area contributed by atoms with Crippen molar-refractivity contribution in [1.29, 1.82) is 0 Å². The fraction of sp³-hybridized carbons (Fsp3) is 0.316. The minimum atomic E-state index is -0.281. The summed E-state index contributed by atoms with van der Waals surface area (Å²) in [5, 5.41) is 5.60. The molecule has 1 aromatic carbocycles. The monoisotopic (exact) mass is 373 g/mol. The molecule has 0 atom stereocenters. The predicted molar refractivity (Wildman–Crippen MR) is 100.0 cm³/mol. The Bertz CT molecular complexity index is 808. The molecule has 0 spiro atoms. The minimum Gasteiger partial charge on any atom is -0.350 e. The number of rotatable bonds is 4. The first-order valence-electron chi connectivity index (χ1n) is 8.47. The summed E-state index contributed by atoms with van der Waals surface area (Å²) in [6.45, 7) is 2.92. The molecule has 0 unspecified atom stereocenters. The van der Waals surface area contributed by atoms with E-state index in [-0.39, 0.29) is 23.7 Å². The maximum Gasteiger partial charge on any atom is 0.244 e. The number of hydrogen-bond donors (Lipinski definition) is 1. The third-order valence-corrected chi connectivity index (χ3v) is 5.21. The summed E-state index contributed by atoms with van der Waals surface area (Å²) in [4.78, 5) is 29.6. The van der Waals surface area contributed by atoms with Gasteiger partial charge in [-0.1, -0.05) is 0 Å². The highest BCUT2D eigenvalue weighted by Gasteiger charge is 2.21. The Morgan fingerprint density at radius 1 is 1.27 bits per heavy atom. The highest BCUT2D eigenvalue weighted by atomic mass is 32.1. The number of likely N-dealkylation sites (tertiary alicyclic amines) is 1. The molecule has 1 aliphatic heterocycles. The van der Waals surface area contributed by atoms with E-state index in [0.29, 0.717) is 18.8 Å². The van der Waals surface area contributed by atoms with Crippen LogP contribution in [-0.4, -0.2) is 40.8 Å². The topological polar surface area (TPSA) is 62.3 Å². The molecule has 2 heterocycles. The number of carbonyl (C=O) groups excluding carboxylic acids is 2. The van der Waals surface area contributed by atoms with E-state index in [4.69, 9.17) is 0 Å². The van der Waals surface area contributed by atoms with Crippen LogP contribution in [0, 0.1) is 5.82 Å². The number of nitrogens with zero attached hydrogens (tertiary/aromatic N) is 2. The molecule has 0 saturated carbocycles. The molecule has 2 amide bonds. The molecule has 1 aliphatic rings. The normalized spacial score (nSPS) is 15.4. The molecule has 1 aromatic heterocycles. The van der Waals surface area contributed by atoms with Crippen molar-refractivity contribution < 1.29 is 14.0 Å². The van der Waals surface area contributed by atoms with Crippen molar-refractivity contribution in [3.8, 4) is 10.6 Å². The number of amides is 2. The molecule has 7 heteroatoms. The Morgan fingerprint density at radius 3 is 2.62 bits per heavy atom. The third kappa shape index (κ3) is 4.76. The van der Waals surface area contributed by atoms with E-state index in [1.807, 2.05) is 5.38 Å². The van der Waals surface area contributed by atoms with Crippen LogP contribution in [-0.2, 0) is 9.59 Å². The van der Waals surface area contributed by atoms with Crippen molar-refractivity contribution in [2.75, 3.05) is 13.1 Å². The zero-order valence-corrected chi connectivity index (χ0v) is 15.3. The van der Waals surface area contributed by atoms with Crippen LogP contribution < -0.4 is 5.32 Å². The van der Waals surface area contributed by atoms with Crippen molar-refractivity contribution in [2.45, 2.75) is 25.8 Å². The van der Waals surface area contributed by atoms with Gasteiger partial charge < -0.3 is 10.2 Å². The number of carbonyl (C=O) groups is 2. The van der Waals surface area contributed by atoms with Gasteiger partial charge in [0.25, 0.3) is 0 Å². The number of benzene rings is 1. The van der Waals surface area contributed by atoms with E-state index in [1.54, 1.807) is 30.0 Å². The van der Waals surface area contributed by atoms with Gasteiger partial charge >= 0.3 is 0 Å². The Morgan fingerprint density at radius 2 is 1.96 bits per heavy atom. The maximum atomic E-state index is 13.0. The number of aromatic nitrogens is 1. The second-order valence-corrected chi connectivity index (χ2v) is 7.06. The molecule has 5 nitrogen and oxygen atoms in total. The SMILES string of the molecule is CC(=O)N1CCC(NC(=O)/C=C/c2csc(-c3ccc(F)cc3)n2)CC1. The summed E-state index contributed by atoms with van der Waals surface area (Å²) >= 11 is 1.44. The van der Waals surface area contributed by atoms with Gasteiger partial charge in [0, 0.05) is 43.1 Å². The van der Waals surface area contributed by atoms with Gasteiger partial charge in [0.2, 0.25) is 11.8 Å². The van der Waals surface area contributed by atoms with Gasteiger partial charge in [-0.2, -0.15) is 0 Å². The molecule has 1 fully saturated rings. The molecule has 1 saturated heterocycles. The van der Waals surface area contributed by atoms with Crippen LogP contribution in [0.1, 0.15) is 25.5 Å². The van der Waals surface area contributed by atoms with E-state index < -0.39 is 0 Å². The number of nitrogens with one attached hydrogen (secondary N) is 1. The first kappa shape index (κ1) is 18.3. The first-order chi connectivity index (χ1) is 12.5. The summed E-state index contributed by atoms with van der Waals surface area (Å²) < 4.78 is 13.0. The fourth-order valence-electron chi connectivity index (χ4n) is 2.84. The van der Waals surface area contributed by atoms with E-state index in [9.17, 15) is 14.0 Å². The maximum absolute atomic E-state index is 13.0. The van der Waals surface area contributed by atoms with Crippen molar-refractivity contribution >= 4 is 29.2 Å². The van der Waals surface area contributed by atoms with Crippen molar-refractivity contribution in [3.63, 3.8) is 0 Å². The lowest BCUT2D eigenvalue weighted by Gasteiger charge is -2.31. The predicted octanol–water partition coefficient (Wildman–Crippen LogP) is 3.09. The van der Waals surface area contributed by atoms with Crippen molar-refractivity contribution in [3.05, 3.63) is 47.2 Å². The molecule has 136 valence electrons. The third-order valence-electron chi connectivity index (χ3n) is 4.31. The Hall–Kier alpha value is -2.54. The zero-order valence-electron chi connectivity index (χ0n) is 14.4. The van der Waals surface area contributed by atoms with Crippen molar-refractivity contribution in [2.24, 2.45) is 0 Å². The van der Waals surface area contributed by atoms with Crippen LogP contribution in [0.5, 0.6) is 0 Å². The number of thiazole rings is 1. The second-order valence-electron chi connectivity index (χ2n) is 6.21. The molecule has 0 radical (unpaired) electrons. The van der Waals surface area contributed by atoms with Gasteiger partial charge in [0.05, 0.1) is 5.69 Å². The van der Waals surface area contributed by atoms with Gasteiger partial charge in [-0.15, -0.1) is 11.3 Å². The lowest BCUT2D eigenvalue weighted by Crippen LogP contribution is -2.45. The van der Waals surface area contributed by atoms with Crippen LogP contribution in [0.15, 0.2) is 35.7 Å².